The van der Waals surface area contributed by atoms with Gasteiger partial charge in [0.25, 0.3) is 5.91 Å². The molecule has 4 rings (SSSR count). The second-order valence-electron chi connectivity index (χ2n) is 8.85. The Kier molecular flexibility index (Phi) is 7.72. The van der Waals surface area contributed by atoms with Crippen LogP contribution < -0.4 is 27.8 Å². The van der Waals surface area contributed by atoms with Gasteiger partial charge in [-0.1, -0.05) is 12.2 Å². The highest BCUT2D eigenvalue weighted by Crippen LogP contribution is 2.25. The minimum absolute atomic E-state index is 0.329. The summed E-state index contributed by atoms with van der Waals surface area (Å²) in [5, 5.41) is 10.4. The highest BCUT2D eigenvalue weighted by Gasteiger charge is 2.19. The number of fused-ring (bicyclic) bond motifs is 1. The van der Waals surface area contributed by atoms with Gasteiger partial charge in [0.1, 0.15) is 11.5 Å². The van der Waals surface area contributed by atoms with Gasteiger partial charge in [0.15, 0.2) is 0 Å². The SMILES string of the molecule is CCn1nc(C)cc1C(=O)Nc1nc2cc(C(N)=O)cc(C)c2n1C/C=C/CNc1ncc(CN)cc1N. The number of allylic oxidation sites excluding steroid dienone is 1. The molecule has 12 heteroatoms. The lowest BCUT2D eigenvalue weighted by atomic mass is 10.1. The highest BCUT2D eigenvalue weighted by molar-refractivity contribution is 6.03. The number of nitrogens with two attached hydrogens (primary N) is 3. The third-order valence-corrected chi connectivity index (χ3v) is 6.03. The number of hydrogen-bond donors (Lipinski definition) is 5. The molecule has 0 fully saturated rings. The van der Waals surface area contributed by atoms with Crippen LogP contribution in [0, 0.1) is 13.8 Å². The maximum Gasteiger partial charge on any atom is 0.276 e. The first-order valence-electron chi connectivity index (χ1n) is 12.2. The molecule has 198 valence electrons. The zero-order valence-electron chi connectivity index (χ0n) is 21.7. The zero-order valence-corrected chi connectivity index (χ0v) is 21.7. The van der Waals surface area contributed by atoms with Crippen molar-refractivity contribution in [1.82, 2.24) is 24.3 Å². The lowest BCUT2D eigenvalue weighted by Gasteiger charge is -2.10. The minimum atomic E-state index is -0.546. The van der Waals surface area contributed by atoms with Crippen molar-refractivity contribution in [1.29, 1.82) is 0 Å². The standard InChI is InChI=1S/C26H32N10O2/c1-4-36-21(10-16(3)34-36)25(38)33-26-32-20-12-18(23(29)37)9-15(2)22(20)35(26)8-6-5-7-30-24-19(28)11-17(13-27)14-31-24/h5-6,9-12,14H,4,7-8,13,27-28H2,1-3H3,(H2,29,37)(H,30,31)(H,32,33,38)/b6-5+. The molecule has 0 aliphatic heterocycles. The fourth-order valence-corrected chi connectivity index (χ4v) is 4.23. The Morgan fingerprint density at radius 1 is 1.13 bits per heavy atom. The quantitative estimate of drug-likeness (QED) is 0.199. The third-order valence-electron chi connectivity index (χ3n) is 6.03. The van der Waals surface area contributed by atoms with Crippen molar-refractivity contribution in [2.24, 2.45) is 11.5 Å². The number of nitrogens with one attached hydrogen (secondary N) is 2. The molecule has 0 radical (unpaired) electrons. The topological polar surface area (TPSA) is 185 Å². The molecule has 0 aliphatic rings. The number of rotatable bonds is 10. The smallest absolute Gasteiger partial charge is 0.276 e. The van der Waals surface area contributed by atoms with Gasteiger partial charge in [-0.05, 0) is 56.2 Å². The Balaban J connectivity index is 1.60. The zero-order chi connectivity index (χ0) is 27.4. The summed E-state index contributed by atoms with van der Waals surface area (Å²) in [6.07, 6.45) is 5.55. The number of aryl methyl sites for hydroxylation is 3. The van der Waals surface area contributed by atoms with Crippen molar-refractivity contribution in [3.63, 3.8) is 0 Å². The minimum Gasteiger partial charge on any atom is -0.396 e. The summed E-state index contributed by atoms with van der Waals surface area (Å²) < 4.78 is 3.52. The van der Waals surface area contributed by atoms with Crippen molar-refractivity contribution >= 4 is 40.3 Å². The molecule has 0 bridgehead atoms. The molecule has 0 spiro atoms. The summed E-state index contributed by atoms with van der Waals surface area (Å²) in [5.41, 5.74) is 22.2. The Bertz CT molecular complexity index is 1530. The number of aromatic nitrogens is 5. The van der Waals surface area contributed by atoms with Crippen LogP contribution in [0.5, 0.6) is 0 Å². The summed E-state index contributed by atoms with van der Waals surface area (Å²) in [5.74, 6) is 0.0448. The Morgan fingerprint density at radius 2 is 1.92 bits per heavy atom. The normalized spacial score (nSPS) is 11.4. The van der Waals surface area contributed by atoms with E-state index in [-0.39, 0.29) is 5.91 Å². The van der Waals surface area contributed by atoms with E-state index in [4.69, 9.17) is 17.2 Å². The number of hydrogen-bond acceptors (Lipinski definition) is 8. The van der Waals surface area contributed by atoms with E-state index in [0.717, 1.165) is 22.3 Å². The van der Waals surface area contributed by atoms with Crippen molar-refractivity contribution in [3.05, 3.63) is 70.7 Å². The maximum atomic E-state index is 13.2. The average Bonchev–Trinajstić information content (AvgIpc) is 3.44. The second kappa shape index (κ2) is 11.1. The van der Waals surface area contributed by atoms with E-state index in [2.05, 4.69) is 25.7 Å². The van der Waals surface area contributed by atoms with Crippen LogP contribution in [0.3, 0.4) is 0 Å². The van der Waals surface area contributed by atoms with E-state index < -0.39 is 5.91 Å². The van der Waals surface area contributed by atoms with Gasteiger partial charge in [0.05, 0.1) is 22.4 Å². The fourth-order valence-electron chi connectivity index (χ4n) is 4.23. The number of nitrogens with zero attached hydrogens (tertiary/aromatic N) is 5. The predicted molar refractivity (Wildman–Crippen MR) is 148 cm³/mol. The molecule has 2 amide bonds. The van der Waals surface area contributed by atoms with E-state index in [9.17, 15) is 9.59 Å². The number of carbonyl (C=O) groups is 2. The molecule has 1 aromatic carbocycles. The van der Waals surface area contributed by atoms with Gasteiger partial charge >= 0.3 is 0 Å². The number of benzene rings is 1. The first kappa shape index (κ1) is 26.4. The third kappa shape index (κ3) is 5.49. The lowest BCUT2D eigenvalue weighted by molar-refractivity contribution is 0.0996. The van der Waals surface area contributed by atoms with Gasteiger partial charge in [-0.15, -0.1) is 0 Å². The molecule has 0 saturated carbocycles. The van der Waals surface area contributed by atoms with Crippen molar-refractivity contribution in [2.45, 2.75) is 40.4 Å². The Morgan fingerprint density at radius 3 is 2.61 bits per heavy atom. The van der Waals surface area contributed by atoms with Crippen LogP contribution in [0.25, 0.3) is 11.0 Å². The van der Waals surface area contributed by atoms with Crippen molar-refractivity contribution < 1.29 is 9.59 Å². The van der Waals surface area contributed by atoms with E-state index in [1.807, 2.05) is 37.5 Å². The molecule has 0 unspecified atom stereocenters. The first-order chi connectivity index (χ1) is 18.2. The van der Waals surface area contributed by atoms with Crippen LogP contribution in [0.15, 0.2) is 42.6 Å². The van der Waals surface area contributed by atoms with E-state index in [1.54, 1.807) is 35.1 Å². The van der Waals surface area contributed by atoms with E-state index in [1.165, 1.54) is 0 Å². The van der Waals surface area contributed by atoms with Gasteiger partial charge in [0.2, 0.25) is 11.9 Å². The number of carbonyl (C=O) groups excluding carboxylic acids is 2. The molecule has 12 nitrogen and oxygen atoms in total. The van der Waals surface area contributed by atoms with Gasteiger partial charge in [-0.2, -0.15) is 5.10 Å². The van der Waals surface area contributed by atoms with Crippen LogP contribution in [0.4, 0.5) is 17.5 Å². The highest BCUT2D eigenvalue weighted by atomic mass is 16.2. The second-order valence-corrected chi connectivity index (χ2v) is 8.85. The first-order valence-corrected chi connectivity index (χ1v) is 12.2. The van der Waals surface area contributed by atoms with Crippen molar-refractivity contribution in [2.75, 3.05) is 22.9 Å². The number of pyridine rings is 1. The molecule has 0 atom stereocenters. The molecule has 0 aliphatic carbocycles. The summed E-state index contributed by atoms with van der Waals surface area (Å²) in [4.78, 5) is 33.9. The number of amides is 2. The summed E-state index contributed by atoms with van der Waals surface area (Å²) >= 11 is 0. The maximum absolute atomic E-state index is 13.2. The molecule has 3 aromatic heterocycles. The molecular formula is C26H32N10O2. The van der Waals surface area contributed by atoms with E-state index in [0.29, 0.717) is 60.4 Å². The van der Waals surface area contributed by atoms with Crippen LogP contribution in [-0.4, -0.2) is 42.7 Å². The van der Waals surface area contributed by atoms with Crippen LogP contribution >= 0.6 is 0 Å². The lowest BCUT2D eigenvalue weighted by Crippen LogP contribution is -2.20. The predicted octanol–water partition coefficient (Wildman–Crippen LogP) is 2.32. The fraction of sp³-hybridized carbons (Fsp3) is 0.269. The summed E-state index contributed by atoms with van der Waals surface area (Å²) in [7, 11) is 0. The number of imidazole rings is 1. The largest absolute Gasteiger partial charge is 0.396 e. The monoisotopic (exact) mass is 516 g/mol. The van der Waals surface area contributed by atoms with Gasteiger partial charge in [-0.25, -0.2) is 9.97 Å². The van der Waals surface area contributed by atoms with Gasteiger partial charge in [-0.3, -0.25) is 19.6 Å². The van der Waals surface area contributed by atoms with Crippen LogP contribution in [0.2, 0.25) is 0 Å². The molecule has 8 N–H and O–H groups in total. The van der Waals surface area contributed by atoms with Gasteiger partial charge < -0.3 is 27.1 Å². The Hall–Kier alpha value is -4.71. The average molecular weight is 517 g/mol. The summed E-state index contributed by atoms with van der Waals surface area (Å²) in [6, 6.07) is 6.87. The van der Waals surface area contributed by atoms with E-state index >= 15 is 0 Å². The van der Waals surface area contributed by atoms with Crippen LogP contribution in [0.1, 0.15) is 44.6 Å². The molecule has 4 aromatic rings. The number of nitrogen functional groups attached to an aromatic ring is 1. The number of anilines is 3. The molecule has 3 heterocycles. The van der Waals surface area contributed by atoms with Gasteiger partial charge in [0, 0.05) is 37.9 Å². The van der Waals surface area contributed by atoms with Crippen LogP contribution in [-0.2, 0) is 19.6 Å². The summed E-state index contributed by atoms with van der Waals surface area (Å²) in [6.45, 7) is 7.44. The molecular weight excluding hydrogens is 484 g/mol. The molecule has 38 heavy (non-hydrogen) atoms. The number of primary amides is 1. The van der Waals surface area contributed by atoms with Crippen molar-refractivity contribution in [3.8, 4) is 0 Å². The molecule has 0 saturated heterocycles. The Labute approximate surface area is 219 Å².